The minimum absolute atomic E-state index is 0.0752. The Morgan fingerprint density at radius 2 is 1.81 bits per heavy atom. The summed E-state index contributed by atoms with van der Waals surface area (Å²) in [5.74, 6) is -0.304. The Morgan fingerprint density at radius 3 is 2.38 bits per heavy atom. The molecule has 1 aromatic rings. The van der Waals surface area contributed by atoms with Gasteiger partial charge in [-0.1, -0.05) is 0 Å². The molecule has 0 aromatic heterocycles. The number of rotatable bonds is 8. The molecular weight excluding hydrogens is 331 g/mol. The van der Waals surface area contributed by atoms with Gasteiger partial charge in [0.15, 0.2) is 0 Å². The van der Waals surface area contributed by atoms with Gasteiger partial charge in [0, 0.05) is 0 Å². The van der Waals surface area contributed by atoms with Crippen LogP contribution in [0.25, 0.3) is 0 Å². The molecule has 0 radical (unpaired) electrons. The second kappa shape index (κ2) is 9.54. The predicted molar refractivity (Wildman–Crippen MR) is 85.7 cm³/mol. The first kappa shape index (κ1) is 17.7. The molecule has 0 saturated heterocycles. The standard InChI is InChI=1S/C17H22O3Se/c1-4-6-12-15(18)16(13(3)17(19)20-5-2)21-14-10-8-7-9-11-14/h7-11H,4-6,12H2,1-3H3/b16-13+. The number of hydrogen-bond donors (Lipinski definition) is 0. The first-order valence-electron chi connectivity index (χ1n) is 7.24. The van der Waals surface area contributed by atoms with Crippen molar-refractivity contribution in [2.24, 2.45) is 0 Å². The summed E-state index contributed by atoms with van der Waals surface area (Å²) in [5, 5.41) is 0. The Hall–Kier alpha value is -1.38. The van der Waals surface area contributed by atoms with Crippen LogP contribution in [0.4, 0.5) is 0 Å². The van der Waals surface area contributed by atoms with Crippen molar-refractivity contribution in [2.75, 3.05) is 6.61 Å². The summed E-state index contributed by atoms with van der Waals surface area (Å²) in [6, 6.07) is 9.83. The van der Waals surface area contributed by atoms with E-state index < -0.39 is 0 Å². The Kier molecular flexibility index (Phi) is 8.02. The third kappa shape index (κ3) is 5.86. The van der Waals surface area contributed by atoms with Crippen LogP contribution in [0.3, 0.4) is 0 Å². The van der Waals surface area contributed by atoms with Gasteiger partial charge in [-0.15, -0.1) is 0 Å². The first-order valence-corrected chi connectivity index (χ1v) is 8.95. The van der Waals surface area contributed by atoms with Crippen molar-refractivity contribution in [3.8, 4) is 0 Å². The number of hydrogen-bond acceptors (Lipinski definition) is 3. The van der Waals surface area contributed by atoms with E-state index in [1.54, 1.807) is 13.8 Å². The summed E-state index contributed by atoms with van der Waals surface area (Å²) in [4.78, 5) is 24.3. The van der Waals surface area contributed by atoms with Crippen LogP contribution in [-0.2, 0) is 14.3 Å². The molecule has 1 rings (SSSR count). The van der Waals surface area contributed by atoms with Crippen LogP contribution in [0, 0.1) is 0 Å². The number of Topliss-reactive ketones (excluding diaryl/α,β-unsaturated/α-hetero) is 1. The van der Waals surface area contributed by atoms with Gasteiger partial charge in [-0.05, 0) is 0 Å². The molecule has 4 heteroatoms. The predicted octanol–water partition coefficient (Wildman–Crippen LogP) is 2.61. The molecule has 0 N–H and O–H groups in total. The summed E-state index contributed by atoms with van der Waals surface area (Å²) < 4.78 is 6.77. The molecule has 0 bridgehead atoms. The van der Waals surface area contributed by atoms with E-state index >= 15 is 0 Å². The van der Waals surface area contributed by atoms with Gasteiger partial charge in [0.1, 0.15) is 0 Å². The first-order chi connectivity index (χ1) is 10.1. The van der Waals surface area contributed by atoms with Crippen molar-refractivity contribution in [2.45, 2.75) is 40.0 Å². The summed E-state index contributed by atoms with van der Waals surface area (Å²) >= 11 is -0.164. The van der Waals surface area contributed by atoms with E-state index in [0.29, 0.717) is 23.1 Å². The van der Waals surface area contributed by atoms with Crippen LogP contribution in [0.1, 0.15) is 40.0 Å². The van der Waals surface area contributed by atoms with Gasteiger partial charge in [0.2, 0.25) is 0 Å². The van der Waals surface area contributed by atoms with Gasteiger partial charge in [-0.25, -0.2) is 0 Å². The number of carbonyl (C=O) groups excluding carboxylic acids is 2. The number of esters is 1. The Labute approximate surface area is 132 Å². The van der Waals surface area contributed by atoms with Crippen molar-refractivity contribution < 1.29 is 14.3 Å². The molecule has 114 valence electrons. The van der Waals surface area contributed by atoms with E-state index in [1.807, 2.05) is 30.3 Å². The fourth-order valence-electron chi connectivity index (χ4n) is 1.73. The topological polar surface area (TPSA) is 43.4 Å². The van der Waals surface area contributed by atoms with Crippen LogP contribution >= 0.6 is 0 Å². The molecule has 0 aliphatic heterocycles. The minimum atomic E-state index is -0.379. The van der Waals surface area contributed by atoms with Crippen molar-refractivity contribution >= 4 is 31.2 Å². The molecule has 0 saturated carbocycles. The van der Waals surface area contributed by atoms with Gasteiger partial charge in [-0.3, -0.25) is 0 Å². The monoisotopic (exact) mass is 354 g/mol. The Bertz CT molecular complexity index is 506. The van der Waals surface area contributed by atoms with Crippen LogP contribution < -0.4 is 4.46 Å². The molecule has 3 nitrogen and oxygen atoms in total. The van der Waals surface area contributed by atoms with E-state index in [-0.39, 0.29) is 26.7 Å². The molecular formula is C17H22O3Se. The number of unbranched alkanes of at least 4 members (excludes halogenated alkanes) is 1. The quantitative estimate of drug-likeness (QED) is 0.410. The van der Waals surface area contributed by atoms with Crippen LogP contribution in [0.5, 0.6) is 0 Å². The SMILES string of the molecule is CCCCC(=O)/C([Se]c1ccccc1)=C(/C)C(=O)OCC. The normalized spacial score (nSPS) is 11.8. The maximum absolute atomic E-state index is 12.4. The Morgan fingerprint density at radius 1 is 1.14 bits per heavy atom. The zero-order valence-electron chi connectivity index (χ0n) is 12.8. The van der Waals surface area contributed by atoms with Crippen LogP contribution in [-0.4, -0.2) is 33.3 Å². The molecule has 21 heavy (non-hydrogen) atoms. The van der Waals surface area contributed by atoms with E-state index in [2.05, 4.69) is 6.92 Å². The van der Waals surface area contributed by atoms with Crippen LogP contribution in [0.15, 0.2) is 40.4 Å². The zero-order chi connectivity index (χ0) is 15.7. The average Bonchev–Trinajstić information content (AvgIpc) is 2.50. The van der Waals surface area contributed by atoms with Crippen molar-refractivity contribution in [1.82, 2.24) is 0 Å². The van der Waals surface area contributed by atoms with E-state index in [1.165, 1.54) is 0 Å². The van der Waals surface area contributed by atoms with Gasteiger partial charge < -0.3 is 0 Å². The molecule has 0 fully saturated rings. The third-order valence-corrected chi connectivity index (χ3v) is 5.51. The second-order valence-electron chi connectivity index (χ2n) is 4.62. The fraction of sp³-hybridized carbons (Fsp3) is 0.412. The van der Waals surface area contributed by atoms with Gasteiger partial charge in [-0.2, -0.15) is 0 Å². The number of allylic oxidation sites excluding steroid dienone is 1. The summed E-state index contributed by atoms with van der Waals surface area (Å²) in [6.45, 7) is 5.84. The zero-order valence-corrected chi connectivity index (χ0v) is 14.6. The number of carbonyl (C=O) groups is 2. The third-order valence-electron chi connectivity index (χ3n) is 2.90. The summed E-state index contributed by atoms with van der Waals surface area (Å²) in [5.41, 5.74) is 0.460. The second-order valence-corrected chi connectivity index (χ2v) is 6.89. The van der Waals surface area contributed by atoms with E-state index in [4.69, 9.17) is 4.74 Å². The molecule has 0 aliphatic carbocycles. The maximum atomic E-state index is 12.4. The van der Waals surface area contributed by atoms with Crippen LogP contribution in [0.2, 0.25) is 0 Å². The molecule has 0 amide bonds. The van der Waals surface area contributed by atoms with E-state index in [9.17, 15) is 9.59 Å². The summed E-state index contributed by atoms with van der Waals surface area (Å²) in [7, 11) is 0. The Balaban J connectivity index is 3.01. The summed E-state index contributed by atoms with van der Waals surface area (Å²) in [6.07, 6.45) is 2.32. The molecule has 0 unspecified atom stereocenters. The van der Waals surface area contributed by atoms with Crippen molar-refractivity contribution in [1.29, 1.82) is 0 Å². The van der Waals surface area contributed by atoms with E-state index in [0.717, 1.165) is 17.3 Å². The molecule has 0 atom stereocenters. The average molecular weight is 353 g/mol. The fourth-order valence-corrected chi connectivity index (χ4v) is 3.79. The van der Waals surface area contributed by atoms with Gasteiger partial charge >= 0.3 is 133 Å². The molecule has 0 aliphatic rings. The van der Waals surface area contributed by atoms with Gasteiger partial charge in [0.25, 0.3) is 0 Å². The van der Waals surface area contributed by atoms with Crippen molar-refractivity contribution in [3.05, 3.63) is 40.4 Å². The molecule has 1 aromatic carbocycles. The molecule has 0 spiro atoms. The van der Waals surface area contributed by atoms with Crippen molar-refractivity contribution in [3.63, 3.8) is 0 Å². The van der Waals surface area contributed by atoms with Gasteiger partial charge in [0.05, 0.1) is 0 Å². The number of ketones is 1. The molecule has 0 heterocycles. The number of ether oxygens (including phenoxy) is 1. The number of benzene rings is 1.